The number of halogens is 2. The van der Waals surface area contributed by atoms with E-state index in [2.05, 4.69) is 22.9 Å². The molecule has 0 saturated carbocycles. The van der Waals surface area contributed by atoms with Crippen LogP contribution < -0.4 is 4.74 Å². The first-order valence-electron chi connectivity index (χ1n) is 5.63. The number of alkyl halides is 1. The predicted molar refractivity (Wildman–Crippen MR) is 68.9 cm³/mol. The van der Waals surface area contributed by atoms with Crippen LogP contribution in [0.3, 0.4) is 0 Å². The van der Waals surface area contributed by atoms with Gasteiger partial charge in [0.05, 0.1) is 7.11 Å². The largest absolute Gasteiger partial charge is 0.494 e. The molecule has 0 bridgehead atoms. The quantitative estimate of drug-likeness (QED) is 0.708. The molecule has 0 N–H and O–H groups in total. The summed E-state index contributed by atoms with van der Waals surface area (Å²) in [6.45, 7) is 2.17. The SMILES string of the molecule is CCCC(Br)CCc1ccc(OC)c(F)c1. The first kappa shape index (κ1) is 13.5. The molecule has 0 saturated heterocycles. The van der Waals surface area contributed by atoms with Crippen LogP contribution >= 0.6 is 15.9 Å². The Balaban J connectivity index is 2.51. The van der Waals surface area contributed by atoms with Crippen LogP contribution in [0.1, 0.15) is 31.7 Å². The molecule has 0 spiro atoms. The molecule has 0 amide bonds. The van der Waals surface area contributed by atoms with Gasteiger partial charge >= 0.3 is 0 Å². The Hall–Kier alpha value is -0.570. The third kappa shape index (κ3) is 4.12. The summed E-state index contributed by atoms with van der Waals surface area (Å²) in [7, 11) is 1.48. The highest BCUT2D eigenvalue weighted by molar-refractivity contribution is 9.09. The van der Waals surface area contributed by atoms with Crippen LogP contribution in [-0.2, 0) is 6.42 Å². The summed E-state index contributed by atoms with van der Waals surface area (Å²) in [6, 6.07) is 5.17. The molecule has 0 aliphatic carbocycles. The number of ether oxygens (including phenoxy) is 1. The lowest BCUT2D eigenvalue weighted by molar-refractivity contribution is 0.386. The van der Waals surface area contributed by atoms with Crippen molar-refractivity contribution in [3.8, 4) is 5.75 Å². The number of aryl methyl sites for hydroxylation is 1. The van der Waals surface area contributed by atoms with Gasteiger partial charge in [-0.15, -0.1) is 0 Å². The van der Waals surface area contributed by atoms with Crippen molar-refractivity contribution in [2.24, 2.45) is 0 Å². The normalized spacial score (nSPS) is 12.5. The molecule has 1 aromatic rings. The van der Waals surface area contributed by atoms with E-state index < -0.39 is 0 Å². The molecule has 1 unspecified atom stereocenters. The molecule has 1 aromatic carbocycles. The molecule has 1 rings (SSSR count). The fourth-order valence-electron chi connectivity index (χ4n) is 1.65. The van der Waals surface area contributed by atoms with Crippen LogP contribution in [0.15, 0.2) is 18.2 Å². The lowest BCUT2D eigenvalue weighted by Crippen LogP contribution is -2.00. The maximum Gasteiger partial charge on any atom is 0.165 e. The van der Waals surface area contributed by atoms with E-state index in [1.165, 1.54) is 20.0 Å². The lowest BCUT2D eigenvalue weighted by Gasteiger charge is -2.09. The lowest BCUT2D eigenvalue weighted by atomic mass is 10.1. The van der Waals surface area contributed by atoms with E-state index in [4.69, 9.17) is 4.74 Å². The molecule has 90 valence electrons. The third-order valence-electron chi connectivity index (χ3n) is 2.56. The van der Waals surface area contributed by atoms with Crippen LogP contribution in [-0.4, -0.2) is 11.9 Å². The molecular weight excluding hydrogens is 271 g/mol. The van der Waals surface area contributed by atoms with Gasteiger partial charge in [-0.2, -0.15) is 0 Å². The minimum Gasteiger partial charge on any atom is -0.494 e. The van der Waals surface area contributed by atoms with Gasteiger partial charge < -0.3 is 4.74 Å². The molecule has 0 aromatic heterocycles. The molecule has 3 heteroatoms. The van der Waals surface area contributed by atoms with Crippen LogP contribution in [0.2, 0.25) is 0 Å². The van der Waals surface area contributed by atoms with Gasteiger partial charge in [0.25, 0.3) is 0 Å². The Morgan fingerprint density at radius 3 is 2.69 bits per heavy atom. The standard InChI is InChI=1S/C13H18BrFO/c1-3-4-11(14)7-5-10-6-8-13(16-2)12(15)9-10/h6,8-9,11H,3-5,7H2,1-2H3. The van der Waals surface area contributed by atoms with Crippen molar-refractivity contribution in [2.45, 2.75) is 37.4 Å². The van der Waals surface area contributed by atoms with Crippen molar-refractivity contribution >= 4 is 15.9 Å². The molecule has 0 fully saturated rings. The first-order valence-corrected chi connectivity index (χ1v) is 6.55. The van der Waals surface area contributed by atoms with Gasteiger partial charge in [-0.05, 0) is 37.0 Å². The van der Waals surface area contributed by atoms with Gasteiger partial charge in [0.1, 0.15) is 0 Å². The summed E-state index contributed by atoms with van der Waals surface area (Å²) in [4.78, 5) is 0.530. The molecule has 0 heterocycles. The molecule has 0 radical (unpaired) electrons. The highest BCUT2D eigenvalue weighted by atomic mass is 79.9. The van der Waals surface area contributed by atoms with Gasteiger partial charge in [-0.1, -0.05) is 35.3 Å². The van der Waals surface area contributed by atoms with Crippen LogP contribution in [0, 0.1) is 5.82 Å². The van der Waals surface area contributed by atoms with Crippen molar-refractivity contribution in [3.63, 3.8) is 0 Å². The van der Waals surface area contributed by atoms with Crippen LogP contribution in [0.4, 0.5) is 4.39 Å². The van der Waals surface area contributed by atoms with Gasteiger partial charge in [-0.3, -0.25) is 0 Å². The Labute approximate surface area is 105 Å². The first-order chi connectivity index (χ1) is 7.67. The predicted octanol–water partition coefficient (Wildman–Crippen LogP) is 4.33. The summed E-state index contributed by atoms with van der Waals surface area (Å²) in [5.74, 6) is 0.0364. The minimum atomic E-state index is -0.276. The zero-order chi connectivity index (χ0) is 12.0. The van der Waals surface area contributed by atoms with Crippen molar-refractivity contribution in [1.29, 1.82) is 0 Å². The van der Waals surface area contributed by atoms with E-state index in [0.29, 0.717) is 10.6 Å². The fraction of sp³-hybridized carbons (Fsp3) is 0.538. The number of methoxy groups -OCH3 is 1. The molecular formula is C13H18BrFO. The highest BCUT2D eigenvalue weighted by Crippen LogP contribution is 2.20. The Morgan fingerprint density at radius 2 is 2.12 bits per heavy atom. The smallest absolute Gasteiger partial charge is 0.165 e. The molecule has 16 heavy (non-hydrogen) atoms. The van der Waals surface area contributed by atoms with Crippen molar-refractivity contribution in [2.75, 3.05) is 7.11 Å². The maximum absolute atomic E-state index is 13.4. The maximum atomic E-state index is 13.4. The summed E-state index contributed by atoms with van der Waals surface area (Å²) in [5, 5.41) is 0. The number of benzene rings is 1. The average molecular weight is 289 g/mol. The van der Waals surface area contributed by atoms with E-state index >= 15 is 0 Å². The third-order valence-corrected chi connectivity index (χ3v) is 3.48. The Morgan fingerprint density at radius 1 is 1.38 bits per heavy atom. The van der Waals surface area contributed by atoms with Gasteiger partial charge in [0, 0.05) is 4.83 Å². The highest BCUT2D eigenvalue weighted by Gasteiger charge is 2.06. The fourth-order valence-corrected chi connectivity index (χ4v) is 2.33. The monoisotopic (exact) mass is 288 g/mol. The number of hydrogen-bond acceptors (Lipinski definition) is 1. The second-order valence-electron chi connectivity index (χ2n) is 3.89. The van der Waals surface area contributed by atoms with E-state index in [1.54, 1.807) is 12.1 Å². The van der Waals surface area contributed by atoms with Gasteiger partial charge in [0.15, 0.2) is 11.6 Å². The van der Waals surface area contributed by atoms with Crippen LogP contribution in [0.25, 0.3) is 0 Å². The number of hydrogen-bond donors (Lipinski definition) is 0. The molecule has 1 atom stereocenters. The number of rotatable bonds is 6. The van der Waals surface area contributed by atoms with E-state index in [0.717, 1.165) is 18.4 Å². The average Bonchev–Trinajstić information content (AvgIpc) is 2.27. The van der Waals surface area contributed by atoms with Crippen molar-refractivity contribution < 1.29 is 9.13 Å². The van der Waals surface area contributed by atoms with E-state index in [9.17, 15) is 4.39 Å². The summed E-state index contributed by atoms with van der Waals surface area (Å²) < 4.78 is 18.3. The molecule has 1 nitrogen and oxygen atoms in total. The second kappa shape index (κ2) is 6.89. The summed E-state index contributed by atoms with van der Waals surface area (Å²) in [6.07, 6.45) is 4.28. The van der Waals surface area contributed by atoms with E-state index in [-0.39, 0.29) is 5.82 Å². The van der Waals surface area contributed by atoms with Gasteiger partial charge in [-0.25, -0.2) is 4.39 Å². The second-order valence-corrected chi connectivity index (χ2v) is 5.19. The Kier molecular flexibility index (Phi) is 5.81. The zero-order valence-corrected chi connectivity index (χ0v) is 11.4. The zero-order valence-electron chi connectivity index (χ0n) is 9.80. The molecule has 0 aliphatic heterocycles. The van der Waals surface area contributed by atoms with E-state index in [1.807, 2.05) is 6.07 Å². The summed E-state index contributed by atoms with van der Waals surface area (Å²) in [5.41, 5.74) is 1.03. The van der Waals surface area contributed by atoms with Crippen LogP contribution in [0.5, 0.6) is 5.75 Å². The molecule has 0 aliphatic rings. The summed E-state index contributed by atoms with van der Waals surface area (Å²) >= 11 is 3.62. The minimum absolute atomic E-state index is 0.276. The van der Waals surface area contributed by atoms with Crippen molar-refractivity contribution in [3.05, 3.63) is 29.6 Å². The topological polar surface area (TPSA) is 9.23 Å². The Bertz CT molecular complexity index is 328. The van der Waals surface area contributed by atoms with Crippen molar-refractivity contribution in [1.82, 2.24) is 0 Å². The van der Waals surface area contributed by atoms with Gasteiger partial charge in [0.2, 0.25) is 0 Å².